The quantitative estimate of drug-likeness (QED) is 0.696. The van der Waals surface area contributed by atoms with Crippen LogP contribution in [0.15, 0.2) is 30.5 Å². The second kappa shape index (κ2) is 3.81. The second-order valence-electron chi connectivity index (χ2n) is 3.62. The molecule has 0 saturated carbocycles. The zero-order valence-electron chi connectivity index (χ0n) is 8.95. The van der Waals surface area contributed by atoms with Crippen molar-refractivity contribution >= 4 is 16.7 Å². The van der Waals surface area contributed by atoms with Crippen LogP contribution in [0.1, 0.15) is 29.8 Å². The fourth-order valence-corrected chi connectivity index (χ4v) is 1.79. The lowest BCUT2D eigenvalue weighted by molar-refractivity contribution is 0.101. The molecule has 2 aromatic rings. The van der Waals surface area contributed by atoms with Crippen LogP contribution in [0.3, 0.4) is 0 Å². The number of benzene rings is 1. The van der Waals surface area contributed by atoms with Crippen LogP contribution in [0, 0.1) is 0 Å². The number of fused-ring (bicyclic) bond motifs is 1. The fourth-order valence-electron chi connectivity index (χ4n) is 1.79. The van der Waals surface area contributed by atoms with E-state index in [9.17, 15) is 4.79 Å². The molecule has 0 N–H and O–H groups in total. The maximum Gasteiger partial charge on any atom is 0.160 e. The Morgan fingerprint density at radius 1 is 1.40 bits per heavy atom. The van der Waals surface area contributed by atoms with Gasteiger partial charge in [0, 0.05) is 17.1 Å². The van der Waals surface area contributed by atoms with E-state index < -0.39 is 0 Å². The van der Waals surface area contributed by atoms with Gasteiger partial charge in [0.1, 0.15) is 0 Å². The lowest BCUT2D eigenvalue weighted by Crippen LogP contribution is -1.99. The molecule has 2 rings (SSSR count). The third kappa shape index (κ3) is 1.75. The summed E-state index contributed by atoms with van der Waals surface area (Å²) in [6.07, 6.45) is 2.62. The Morgan fingerprint density at radius 2 is 2.20 bits per heavy atom. The average molecular weight is 199 g/mol. The minimum absolute atomic E-state index is 0.111. The minimum atomic E-state index is 0.111. The second-order valence-corrected chi connectivity index (χ2v) is 3.62. The van der Waals surface area contributed by atoms with Gasteiger partial charge in [-0.3, -0.25) is 9.78 Å². The maximum atomic E-state index is 11.4. The van der Waals surface area contributed by atoms with Gasteiger partial charge >= 0.3 is 0 Å². The molecule has 0 fully saturated rings. The molecule has 0 aliphatic carbocycles. The first kappa shape index (κ1) is 9.84. The number of aryl methyl sites for hydroxylation is 1. The number of ketones is 1. The highest BCUT2D eigenvalue weighted by atomic mass is 16.1. The number of Topliss-reactive ketones (excluding diaryl/α,β-unsaturated/α-hetero) is 1. The highest BCUT2D eigenvalue weighted by Crippen LogP contribution is 2.19. The van der Waals surface area contributed by atoms with Crippen molar-refractivity contribution in [1.29, 1.82) is 0 Å². The van der Waals surface area contributed by atoms with Crippen LogP contribution >= 0.6 is 0 Å². The Kier molecular flexibility index (Phi) is 2.50. The molecule has 0 amide bonds. The molecule has 0 bridgehead atoms. The molecule has 76 valence electrons. The Balaban J connectivity index is 2.74. The number of pyridine rings is 1. The van der Waals surface area contributed by atoms with Gasteiger partial charge in [0.15, 0.2) is 5.78 Å². The van der Waals surface area contributed by atoms with Crippen LogP contribution in [0.4, 0.5) is 0 Å². The average Bonchev–Trinajstić information content (AvgIpc) is 2.27. The van der Waals surface area contributed by atoms with Gasteiger partial charge in [0.2, 0.25) is 0 Å². The van der Waals surface area contributed by atoms with Crippen molar-refractivity contribution in [3.8, 4) is 0 Å². The molecule has 1 aromatic heterocycles. The van der Waals surface area contributed by atoms with Gasteiger partial charge in [0.05, 0.1) is 5.52 Å². The monoisotopic (exact) mass is 199 g/mol. The third-order valence-corrected chi connectivity index (χ3v) is 2.59. The van der Waals surface area contributed by atoms with Crippen LogP contribution in [-0.4, -0.2) is 10.8 Å². The predicted octanol–water partition coefficient (Wildman–Crippen LogP) is 3.00. The van der Waals surface area contributed by atoms with Gasteiger partial charge in [-0.25, -0.2) is 0 Å². The highest BCUT2D eigenvalue weighted by molar-refractivity contribution is 5.99. The van der Waals surface area contributed by atoms with E-state index in [2.05, 4.69) is 18.0 Å². The van der Waals surface area contributed by atoms with Crippen molar-refractivity contribution in [2.24, 2.45) is 0 Å². The molecule has 1 aromatic carbocycles. The van der Waals surface area contributed by atoms with E-state index in [1.807, 2.05) is 18.2 Å². The SMILES string of the molecule is CCc1cc2cccnc2cc1C(C)=O. The fraction of sp³-hybridized carbons (Fsp3) is 0.231. The topological polar surface area (TPSA) is 30.0 Å². The van der Waals surface area contributed by atoms with Crippen molar-refractivity contribution in [3.05, 3.63) is 41.6 Å². The van der Waals surface area contributed by atoms with E-state index in [1.54, 1.807) is 13.1 Å². The summed E-state index contributed by atoms with van der Waals surface area (Å²) in [4.78, 5) is 15.7. The normalized spacial score (nSPS) is 10.5. The summed E-state index contributed by atoms with van der Waals surface area (Å²) in [5.74, 6) is 0.111. The molecule has 0 radical (unpaired) electrons. The highest BCUT2D eigenvalue weighted by Gasteiger charge is 2.07. The molecular weight excluding hydrogens is 186 g/mol. The number of nitrogens with zero attached hydrogens (tertiary/aromatic N) is 1. The van der Waals surface area contributed by atoms with Gasteiger partial charge in [-0.05, 0) is 37.1 Å². The Hall–Kier alpha value is -1.70. The van der Waals surface area contributed by atoms with Gasteiger partial charge in [-0.15, -0.1) is 0 Å². The summed E-state index contributed by atoms with van der Waals surface area (Å²) < 4.78 is 0. The van der Waals surface area contributed by atoms with Crippen LogP contribution in [0.2, 0.25) is 0 Å². The number of aromatic nitrogens is 1. The van der Waals surface area contributed by atoms with Crippen molar-refractivity contribution in [2.45, 2.75) is 20.3 Å². The molecular formula is C13H13NO. The third-order valence-electron chi connectivity index (χ3n) is 2.59. The summed E-state index contributed by atoms with van der Waals surface area (Å²) in [6, 6.07) is 7.87. The number of hydrogen-bond donors (Lipinski definition) is 0. The number of rotatable bonds is 2. The Morgan fingerprint density at radius 3 is 2.87 bits per heavy atom. The molecule has 0 spiro atoms. The number of hydrogen-bond acceptors (Lipinski definition) is 2. The largest absolute Gasteiger partial charge is 0.294 e. The smallest absolute Gasteiger partial charge is 0.160 e. The lowest BCUT2D eigenvalue weighted by atomic mass is 9.99. The standard InChI is InChI=1S/C13H13NO/c1-3-10-7-11-5-4-6-14-13(11)8-12(10)9(2)15/h4-8H,3H2,1-2H3. The Labute approximate surface area is 89.0 Å². The molecule has 0 aliphatic rings. The molecule has 15 heavy (non-hydrogen) atoms. The molecule has 0 atom stereocenters. The summed E-state index contributed by atoms with van der Waals surface area (Å²) >= 11 is 0. The van der Waals surface area contributed by atoms with Crippen LogP contribution in [0.25, 0.3) is 10.9 Å². The number of carbonyl (C=O) groups is 1. The van der Waals surface area contributed by atoms with Crippen molar-refractivity contribution in [3.63, 3.8) is 0 Å². The van der Waals surface area contributed by atoms with Crippen LogP contribution < -0.4 is 0 Å². The molecule has 1 heterocycles. The zero-order chi connectivity index (χ0) is 10.8. The van der Waals surface area contributed by atoms with E-state index in [4.69, 9.17) is 0 Å². The summed E-state index contributed by atoms with van der Waals surface area (Å²) in [5.41, 5.74) is 2.78. The van der Waals surface area contributed by atoms with E-state index in [1.165, 1.54) is 0 Å². The van der Waals surface area contributed by atoms with Crippen molar-refractivity contribution < 1.29 is 4.79 Å². The summed E-state index contributed by atoms with van der Waals surface area (Å²) in [6.45, 7) is 3.66. The van der Waals surface area contributed by atoms with Crippen LogP contribution in [-0.2, 0) is 6.42 Å². The number of carbonyl (C=O) groups excluding carboxylic acids is 1. The van der Waals surface area contributed by atoms with Crippen molar-refractivity contribution in [2.75, 3.05) is 0 Å². The predicted molar refractivity (Wildman–Crippen MR) is 61.1 cm³/mol. The lowest BCUT2D eigenvalue weighted by Gasteiger charge is -2.06. The first-order valence-electron chi connectivity index (χ1n) is 5.11. The van der Waals surface area contributed by atoms with Crippen LogP contribution in [0.5, 0.6) is 0 Å². The first-order chi connectivity index (χ1) is 7.22. The van der Waals surface area contributed by atoms with E-state index in [0.29, 0.717) is 0 Å². The maximum absolute atomic E-state index is 11.4. The van der Waals surface area contributed by atoms with Gasteiger partial charge < -0.3 is 0 Å². The molecule has 2 nitrogen and oxygen atoms in total. The molecule has 2 heteroatoms. The van der Waals surface area contributed by atoms with Gasteiger partial charge in [0.25, 0.3) is 0 Å². The first-order valence-corrected chi connectivity index (χ1v) is 5.11. The molecule has 0 saturated heterocycles. The zero-order valence-corrected chi connectivity index (χ0v) is 8.95. The minimum Gasteiger partial charge on any atom is -0.294 e. The van der Waals surface area contributed by atoms with E-state index in [-0.39, 0.29) is 5.78 Å². The van der Waals surface area contributed by atoms with Gasteiger partial charge in [-0.2, -0.15) is 0 Å². The summed E-state index contributed by atoms with van der Waals surface area (Å²) in [7, 11) is 0. The Bertz CT molecular complexity index is 517. The molecule has 0 unspecified atom stereocenters. The van der Waals surface area contributed by atoms with Gasteiger partial charge in [-0.1, -0.05) is 13.0 Å². The van der Waals surface area contributed by atoms with E-state index in [0.717, 1.165) is 28.5 Å². The van der Waals surface area contributed by atoms with Crippen molar-refractivity contribution in [1.82, 2.24) is 4.98 Å². The summed E-state index contributed by atoms with van der Waals surface area (Å²) in [5, 5.41) is 1.10. The molecule has 0 aliphatic heterocycles. The van der Waals surface area contributed by atoms with E-state index >= 15 is 0 Å².